The summed E-state index contributed by atoms with van der Waals surface area (Å²) >= 11 is 0. The Labute approximate surface area is 102 Å². The molecule has 0 aliphatic heterocycles. The van der Waals surface area contributed by atoms with Crippen LogP contribution in [0.4, 0.5) is 5.95 Å². The van der Waals surface area contributed by atoms with E-state index in [1.54, 1.807) is 0 Å². The van der Waals surface area contributed by atoms with Gasteiger partial charge in [-0.05, 0) is 12.0 Å². The third-order valence-electron chi connectivity index (χ3n) is 2.94. The van der Waals surface area contributed by atoms with Gasteiger partial charge in [0.25, 0.3) is 0 Å². The number of anilines is 1. The Kier molecular flexibility index (Phi) is 3.81. The number of hydrogen-bond acceptors (Lipinski definition) is 2. The topological polar surface area (TPSA) is 43.8 Å². The van der Waals surface area contributed by atoms with Crippen molar-refractivity contribution in [1.29, 1.82) is 0 Å². The van der Waals surface area contributed by atoms with E-state index in [2.05, 4.69) is 28.6 Å². The van der Waals surface area contributed by atoms with Crippen LogP contribution in [0, 0.1) is 0 Å². The quantitative estimate of drug-likeness (QED) is 0.799. The van der Waals surface area contributed by atoms with Gasteiger partial charge < -0.3 is 10.3 Å². The predicted octanol–water partition coefficient (Wildman–Crippen LogP) is 3.32. The fourth-order valence-electron chi connectivity index (χ4n) is 1.98. The van der Waals surface area contributed by atoms with Gasteiger partial charge in [0.1, 0.15) is 0 Å². The number of aromatic nitrogens is 2. The van der Waals surface area contributed by atoms with E-state index in [1.807, 2.05) is 24.4 Å². The lowest BCUT2D eigenvalue weighted by molar-refractivity contribution is 0.611. The van der Waals surface area contributed by atoms with E-state index >= 15 is 0 Å². The van der Waals surface area contributed by atoms with Crippen molar-refractivity contribution < 1.29 is 0 Å². The molecule has 0 fully saturated rings. The molecule has 0 saturated carbocycles. The molecule has 1 heterocycles. The Morgan fingerprint density at radius 3 is 2.65 bits per heavy atom. The van der Waals surface area contributed by atoms with Crippen molar-refractivity contribution in [3.63, 3.8) is 0 Å². The van der Waals surface area contributed by atoms with Crippen molar-refractivity contribution in [2.45, 2.75) is 32.7 Å². The second kappa shape index (κ2) is 5.53. The average Bonchev–Trinajstić information content (AvgIpc) is 2.73. The van der Waals surface area contributed by atoms with E-state index in [0.29, 0.717) is 5.95 Å². The zero-order chi connectivity index (χ0) is 12.1. The highest BCUT2D eigenvalue weighted by Crippen LogP contribution is 2.22. The highest BCUT2D eigenvalue weighted by molar-refractivity contribution is 5.60. The summed E-state index contributed by atoms with van der Waals surface area (Å²) in [7, 11) is 0. The monoisotopic (exact) mass is 229 g/mol. The summed E-state index contributed by atoms with van der Waals surface area (Å²) in [6, 6.07) is 10.3. The van der Waals surface area contributed by atoms with E-state index in [4.69, 9.17) is 5.73 Å². The largest absolute Gasteiger partial charge is 0.369 e. The highest BCUT2D eigenvalue weighted by atomic mass is 15.1. The summed E-state index contributed by atoms with van der Waals surface area (Å²) in [6.45, 7) is 3.15. The van der Waals surface area contributed by atoms with Gasteiger partial charge in [0.15, 0.2) is 0 Å². The average molecular weight is 229 g/mol. The number of nitrogen functional groups attached to an aromatic ring is 1. The number of nitrogens with two attached hydrogens (primary N) is 1. The van der Waals surface area contributed by atoms with Crippen LogP contribution in [-0.4, -0.2) is 9.55 Å². The minimum absolute atomic E-state index is 0.611. The van der Waals surface area contributed by atoms with Crippen LogP contribution in [0.2, 0.25) is 0 Å². The van der Waals surface area contributed by atoms with E-state index in [0.717, 1.165) is 18.7 Å². The van der Waals surface area contributed by atoms with E-state index in [-0.39, 0.29) is 0 Å². The van der Waals surface area contributed by atoms with Crippen molar-refractivity contribution in [3.05, 3.63) is 36.5 Å². The summed E-state index contributed by atoms with van der Waals surface area (Å²) in [6.07, 6.45) is 5.45. The van der Waals surface area contributed by atoms with E-state index in [1.165, 1.54) is 18.4 Å². The van der Waals surface area contributed by atoms with Crippen molar-refractivity contribution >= 4 is 5.95 Å². The van der Waals surface area contributed by atoms with Crippen LogP contribution in [0.3, 0.4) is 0 Å². The maximum Gasteiger partial charge on any atom is 0.200 e. The molecule has 0 saturated heterocycles. The molecule has 0 bridgehead atoms. The molecule has 0 spiro atoms. The molecule has 0 atom stereocenters. The first-order valence-electron chi connectivity index (χ1n) is 6.19. The van der Waals surface area contributed by atoms with Crippen molar-refractivity contribution in [2.75, 3.05) is 5.73 Å². The first-order valence-corrected chi connectivity index (χ1v) is 6.19. The molecule has 2 aromatic rings. The highest BCUT2D eigenvalue weighted by Gasteiger charge is 2.08. The molecule has 1 aromatic heterocycles. The van der Waals surface area contributed by atoms with Crippen LogP contribution in [0.25, 0.3) is 11.3 Å². The van der Waals surface area contributed by atoms with Crippen LogP contribution in [0.1, 0.15) is 26.2 Å². The Balaban J connectivity index is 2.23. The smallest absolute Gasteiger partial charge is 0.200 e. The van der Waals surface area contributed by atoms with Crippen LogP contribution in [-0.2, 0) is 6.54 Å². The zero-order valence-corrected chi connectivity index (χ0v) is 10.3. The summed E-state index contributed by atoms with van der Waals surface area (Å²) in [5, 5.41) is 0. The zero-order valence-electron chi connectivity index (χ0n) is 10.3. The lowest BCUT2D eigenvalue weighted by atomic mass is 10.1. The molecular formula is C14H19N3. The van der Waals surface area contributed by atoms with Gasteiger partial charge in [-0.15, -0.1) is 0 Å². The fourth-order valence-corrected chi connectivity index (χ4v) is 1.98. The molecule has 0 radical (unpaired) electrons. The summed E-state index contributed by atoms with van der Waals surface area (Å²) in [5.41, 5.74) is 8.20. The number of hydrogen-bond donors (Lipinski definition) is 1. The van der Waals surface area contributed by atoms with Gasteiger partial charge in [-0.25, -0.2) is 4.98 Å². The van der Waals surface area contributed by atoms with Gasteiger partial charge in [-0.3, -0.25) is 0 Å². The molecule has 17 heavy (non-hydrogen) atoms. The van der Waals surface area contributed by atoms with Crippen LogP contribution in [0.5, 0.6) is 0 Å². The number of rotatable bonds is 5. The molecule has 0 aliphatic carbocycles. The Bertz CT molecular complexity index is 460. The first kappa shape index (κ1) is 11.7. The standard InChI is InChI=1S/C14H19N3/c1-2-3-7-10-17-13(11-16-14(17)15)12-8-5-4-6-9-12/h4-6,8-9,11H,2-3,7,10H2,1H3,(H2,15,16). The van der Waals surface area contributed by atoms with Crippen molar-refractivity contribution in [1.82, 2.24) is 9.55 Å². The second-order valence-electron chi connectivity index (χ2n) is 4.23. The van der Waals surface area contributed by atoms with Crippen LogP contribution >= 0.6 is 0 Å². The predicted molar refractivity (Wildman–Crippen MR) is 71.6 cm³/mol. The number of imidazole rings is 1. The molecule has 2 N–H and O–H groups in total. The minimum atomic E-state index is 0.611. The van der Waals surface area contributed by atoms with Crippen LogP contribution < -0.4 is 5.73 Å². The molecule has 3 nitrogen and oxygen atoms in total. The normalized spacial score (nSPS) is 10.6. The third kappa shape index (κ3) is 2.67. The van der Waals surface area contributed by atoms with Gasteiger partial charge in [0, 0.05) is 6.54 Å². The SMILES string of the molecule is CCCCCn1c(-c2ccccc2)cnc1N. The minimum Gasteiger partial charge on any atom is -0.369 e. The van der Waals surface area contributed by atoms with Gasteiger partial charge in [0.05, 0.1) is 11.9 Å². The van der Waals surface area contributed by atoms with Crippen molar-refractivity contribution in [3.8, 4) is 11.3 Å². The Morgan fingerprint density at radius 1 is 1.18 bits per heavy atom. The van der Waals surface area contributed by atoms with E-state index in [9.17, 15) is 0 Å². The molecule has 1 aromatic carbocycles. The number of unbranched alkanes of at least 4 members (excludes halogenated alkanes) is 2. The van der Waals surface area contributed by atoms with Crippen LogP contribution in [0.15, 0.2) is 36.5 Å². The van der Waals surface area contributed by atoms with Gasteiger partial charge in [-0.2, -0.15) is 0 Å². The maximum absolute atomic E-state index is 5.91. The van der Waals surface area contributed by atoms with Gasteiger partial charge >= 0.3 is 0 Å². The number of nitrogens with zero attached hydrogens (tertiary/aromatic N) is 2. The Morgan fingerprint density at radius 2 is 1.94 bits per heavy atom. The molecular weight excluding hydrogens is 210 g/mol. The molecule has 2 rings (SSSR count). The summed E-state index contributed by atoms with van der Waals surface area (Å²) in [5.74, 6) is 0.611. The lowest BCUT2D eigenvalue weighted by Crippen LogP contribution is -2.05. The molecule has 0 unspecified atom stereocenters. The second-order valence-corrected chi connectivity index (χ2v) is 4.23. The molecule has 90 valence electrons. The fraction of sp³-hybridized carbons (Fsp3) is 0.357. The number of benzene rings is 1. The first-order chi connectivity index (χ1) is 8.33. The van der Waals surface area contributed by atoms with E-state index < -0.39 is 0 Å². The Hall–Kier alpha value is -1.77. The summed E-state index contributed by atoms with van der Waals surface area (Å²) < 4.78 is 2.10. The van der Waals surface area contributed by atoms with Gasteiger partial charge in [-0.1, -0.05) is 50.1 Å². The summed E-state index contributed by atoms with van der Waals surface area (Å²) in [4.78, 5) is 4.21. The lowest BCUT2D eigenvalue weighted by Gasteiger charge is -2.09. The molecule has 0 aliphatic rings. The van der Waals surface area contributed by atoms with Crippen molar-refractivity contribution in [2.24, 2.45) is 0 Å². The molecule has 0 amide bonds. The maximum atomic E-state index is 5.91. The molecule has 3 heteroatoms. The van der Waals surface area contributed by atoms with Gasteiger partial charge in [0.2, 0.25) is 5.95 Å². The third-order valence-corrected chi connectivity index (χ3v) is 2.94.